The Morgan fingerprint density at radius 1 is 1.12 bits per heavy atom. The third kappa shape index (κ3) is 4.63. The molecule has 1 N–H and O–H groups in total. The van der Waals surface area contributed by atoms with E-state index >= 15 is 0 Å². The van der Waals surface area contributed by atoms with Gasteiger partial charge in [0.1, 0.15) is 0 Å². The largest absolute Gasteiger partial charge is 0.352 e. The number of halogens is 1. The molecule has 0 unspecified atom stereocenters. The summed E-state index contributed by atoms with van der Waals surface area (Å²) >= 11 is 5.75. The summed E-state index contributed by atoms with van der Waals surface area (Å²) in [6.45, 7) is 3.96. The van der Waals surface area contributed by atoms with Gasteiger partial charge in [-0.05, 0) is 17.7 Å². The molecule has 3 heterocycles. The summed E-state index contributed by atoms with van der Waals surface area (Å²) in [7, 11) is 0. The molecule has 0 saturated carbocycles. The number of carbonyl (C=O) groups excluding carboxylic acids is 2. The molecule has 10 heteroatoms. The van der Waals surface area contributed by atoms with Crippen molar-refractivity contribution in [1.29, 1.82) is 0 Å². The summed E-state index contributed by atoms with van der Waals surface area (Å²) in [5.41, 5.74) is 0.704. The molecule has 9 nitrogen and oxygen atoms in total. The average molecular weight is 376 g/mol. The van der Waals surface area contributed by atoms with Gasteiger partial charge in [-0.1, -0.05) is 11.6 Å². The van der Waals surface area contributed by atoms with Crippen LogP contribution in [0.2, 0.25) is 5.15 Å². The number of nitrogens with zero attached hydrogens (tertiary/aromatic N) is 6. The molecular formula is C16H18ClN7O2. The van der Waals surface area contributed by atoms with Crippen LogP contribution >= 0.6 is 11.6 Å². The summed E-state index contributed by atoms with van der Waals surface area (Å²) in [6.07, 6.45) is 3.33. The van der Waals surface area contributed by atoms with Gasteiger partial charge in [-0.2, -0.15) is 0 Å². The van der Waals surface area contributed by atoms with Crippen LogP contribution in [0.5, 0.6) is 0 Å². The van der Waals surface area contributed by atoms with Gasteiger partial charge in [0.05, 0.1) is 6.42 Å². The first-order valence-corrected chi connectivity index (χ1v) is 8.49. The maximum Gasteiger partial charge on any atom is 0.229 e. The molecule has 1 fully saturated rings. The van der Waals surface area contributed by atoms with Crippen molar-refractivity contribution in [2.24, 2.45) is 0 Å². The van der Waals surface area contributed by atoms with Crippen molar-refractivity contribution < 1.29 is 9.59 Å². The molecule has 136 valence electrons. The number of hydrogen-bond donors (Lipinski definition) is 1. The van der Waals surface area contributed by atoms with Gasteiger partial charge in [0, 0.05) is 45.5 Å². The highest BCUT2D eigenvalue weighted by atomic mass is 35.5. The maximum absolute atomic E-state index is 12.5. The second-order valence-corrected chi connectivity index (χ2v) is 6.24. The third-order valence-electron chi connectivity index (χ3n) is 3.92. The Morgan fingerprint density at radius 2 is 1.81 bits per heavy atom. The molecule has 3 rings (SSSR count). The van der Waals surface area contributed by atoms with Crippen LogP contribution in [0.25, 0.3) is 0 Å². The van der Waals surface area contributed by atoms with Crippen molar-refractivity contribution in [2.45, 2.75) is 13.3 Å². The number of nitrogens with one attached hydrogen (secondary N) is 1. The van der Waals surface area contributed by atoms with E-state index in [1.165, 1.54) is 6.92 Å². The Balaban J connectivity index is 1.52. The maximum atomic E-state index is 12.5. The van der Waals surface area contributed by atoms with E-state index in [4.69, 9.17) is 11.6 Å². The summed E-state index contributed by atoms with van der Waals surface area (Å²) in [5, 5.41) is 10.8. The van der Waals surface area contributed by atoms with Crippen molar-refractivity contribution in [3.63, 3.8) is 0 Å². The van der Waals surface area contributed by atoms with Crippen molar-refractivity contribution in [1.82, 2.24) is 25.1 Å². The minimum Gasteiger partial charge on any atom is -0.352 e. The molecular weight excluding hydrogens is 358 g/mol. The molecule has 1 aliphatic heterocycles. The van der Waals surface area contributed by atoms with Crippen LogP contribution in [0.4, 0.5) is 11.8 Å². The van der Waals surface area contributed by atoms with Gasteiger partial charge >= 0.3 is 0 Å². The number of piperazine rings is 1. The Hall–Kier alpha value is -2.81. The van der Waals surface area contributed by atoms with Crippen LogP contribution in [-0.2, 0) is 16.0 Å². The molecule has 0 spiro atoms. The van der Waals surface area contributed by atoms with E-state index in [0.29, 0.717) is 36.9 Å². The van der Waals surface area contributed by atoms with Gasteiger partial charge in [0.25, 0.3) is 0 Å². The lowest BCUT2D eigenvalue weighted by Crippen LogP contribution is -2.49. The molecule has 0 radical (unpaired) electrons. The van der Waals surface area contributed by atoms with Crippen LogP contribution in [-0.4, -0.2) is 63.1 Å². The van der Waals surface area contributed by atoms with Crippen molar-refractivity contribution >= 4 is 35.2 Å². The Bertz CT molecular complexity index is 774. The standard InChI is InChI=1S/C16H18ClN7O2/c1-11(25)20-16-18-9-12(10-19-16)8-15(26)24-6-4-23(5-7-24)14-3-2-13(17)21-22-14/h2-3,9-10H,4-8H2,1H3,(H,18,19,20,25). The zero-order valence-corrected chi connectivity index (χ0v) is 15.0. The smallest absolute Gasteiger partial charge is 0.229 e. The number of amides is 2. The van der Waals surface area contributed by atoms with Gasteiger partial charge in [0.15, 0.2) is 11.0 Å². The number of hydrogen-bond acceptors (Lipinski definition) is 7. The lowest BCUT2D eigenvalue weighted by molar-refractivity contribution is -0.130. The fourth-order valence-corrected chi connectivity index (χ4v) is 2.72. The third-order valence-corrected chi connectivity index (χ3v) is 4.12. The van der Waals surface area contributed by atoms with Crippen LogP contribution in [0.1, 0.15) is 12.5 Å². The van der Waals surface area contributed by atoms with Crippen LogP contribution < -0.4 is 10.2 Å². The highest BCUT2D eigenvalue weighted by Gasteiger charge is 2.22. The first-order chi connectivity index (χ1) is 12.5. The Labute approximate surface area is 155 Å². The van der Waals surface area contributed by atoms with Gasteiger partial charge in [-0.3, -0.25) is 14.9 Å². The predicted molar refractivity (Wildman–Crippen MR) is 95.9 cm³/mol. The molecule has 26 heavy (non-hydrogen) atoms. The molecule has 2 aromatic rings. The minimum absolute atomic E-state index is 0.0164. The summed E-state index contributed by atoms with van der Waals surface area (Å²) in [5.74, 6) is 0.759. The quantitative estimate of drug-likeness (QED) is 0.841. The first kappa shape index (κ1) is 18.0. The molecule has 1 aliphatic rings. The highest BCUT2D eigenvalue weighted by molar-refractivity contribution is 6.29. The molecule has 0 aromatic carbocycles. The van der Waals surface area contributed by atoms with E-state index in [9.17, 15) is 9.59 Å². The summed E-state index contributed by atoms with van der Waals surface area (Å²) in [4.78, 5) is 35.3. The van der Waals surface area contributed by atoms with Crippen molar-refractivity contribution in [3.05, 3.63) is 35.2 Å². The first-order valence-electron chi connectivity index (χ1n) is 8.12. The molecule has 2 aromatic heterocycles. The number of anilines is 2. The summed E-state index contributed by atoms with van der Waals surface area (Å²) < 4.78 is 0. The second-order valence-electron chi connectivity index (χ2n) is 5.85. The highest BCUT2D eigenvalue weighted by Crippen LogP contribution is 2.15. The van der Waals surface area contributed by atoms with Gasteiger partial charge in [-0.25, -0.2) is 9.97 Å². The predicted octanol–water partition coefficient (Wildman–Crippen LogP) is 0.770. The number of rotatable bonds is 4. The fourth-order valence-electron chi connectivity index (χ4n) is 2.62. The lowest BCUT2D eigenvalue weighted by atomic mass is 10.2. The summed E-state index contributed by atoms with van der Waals surface area (Å²) in [6, 6.07) is 3.52. The van der Waals surface area contributed by atoms with Crippen molar-refractivity contribution in [3.8, 4) is 0 Å². The zero-order valence-electron chi connectivity index (χ0n) is 14.2. The van der Waals surface area contributed by atoms with E-state index in [-0.39, 0.29) is 24.2 Å². The van der Waals surface area contributed by atoms with Crippen molar-refractivity contribution in [2.75, 3.05) is 36.4 Å². The molecule has 0 atom stereocenters. The SMILES string of the molecule is CC(=O)Nc1ncc(CC(=O)N2CCN(c3ccc(Cl)nn3)CC2)cn1. The Kier molecular flexibility index (Phi) is 5.57. The van der Waals surface area contributed by atoms with E-state index < -0.39 is 0 Å². The Morgan fingerprint density at radius 3 is 2.38 bits per heavy atom. The number of aromatic nitrogens is 4. The van der Waals surface area contributed by atoms with Gasteiger partial charge in [-0.15, -0.1) is 10.2 Å². The zero-order chi connectivity index (χ0) is 18.5. The molecule has 2 amide bonds. The van der Waals surface area contributed by atoms with E-state index in [2.05, 4.69) is 30.4 Å². The number of carbonyl (C=O) groups is 2. The van der Waals surface area contributed by atoms with Crippen LogP contribution in [0, 0.1) is 0 Å². The normalized spacial score (nSPS) is 14.2. The van der Waals surface area contributed by atoms with Crippen LogP contribution in [0.3, 0.4) is 0 Å². The average Bonchev–Trinajstić information content (AvgIpc) is 2.64. The molecule has 0 bridgehead atoms. The van der Waals surface area contributed by atoms with Gasteiger partial charge in [0.2, 0.25) is 17.8 Å². The van der Waals surface area contributed by atoms with E-state index in [1.807, 2.05) is 11.0 Å². The molecule has 1 saturated heterocycles. The topological polar surface area (TPSA) is 104 Å². The van der Waals surface area contributed by atoms with E-state index in [1.54, 1.807) is 18.5 Å². The van der Waals surface area contributed by atoms with E-state index in [0.717, 1.165) is 5.82 Å². The van der Waals surface area contributed by atoms with Crippen LogP contribution in [0.15, 0.2) is 24.5 Å². The van der Waals surface area contributed by atoms with Gasteiger partial charge < -0.3 is 9.80 Å². The monoisotopic (exact) mass is 375 g/mol. The fraction of sp³-hybridized carbons (Fsp3) is 0.375. The minimum atomic E-state index is -0.239. The second kappa shape index (κ2) is 8.05. The lowest BCUT2D eigenvalue weighted by Gasteiger charge is -2.35. The molecule has 0 aliphatic carbocycles.